The van der Waals surface area contributed by atoms with Gasteiger partial charge in [-0.2, -0.15) is 0 Å². The van der Waals surface area contributed by atoms with E-state index in [1.807, 2.05) is 13.8 Å². The van der Waals surface area contributed by atoms with Crippen molar-refractivity contribution < 1.29 is 24.6 Å². The van der Waals surface area contributed by atoms with Crippen LogP contribution in [0.5, 0.6) is 0 Å². The van der Waals surface area contributed by atoms with E-state index in [4.69, 9.17) is 21.7 Å². The highest BCUT2D eigenvalue weighted by Gasteiger charge is 2.20. The Morgan fingerprint density at radius 2 is 1.34 bits per heavy atom. The minimum atomic E-state index is -0.936. The smallest absolute Gasteiger partial charge is 0.326 e. The molecule has 0 saturated heterocycles. The summed E-state index contributed by atoms with van der Waals surface area (Å²) >= 11 is 0. The molecule has 0 heterocycles. The van der Waals surface area contributed by atoms with Gasteiger partial charge in [0, 0.05) is 6.42 Å². The van der Waals surface area contributed by atoms with E-state index in [-0.39, 0.29) is 11.8 Å². The highest BCUT2D eigenvalue weighted by molar-refractivity contribution is 5.83. The fourth-order valence-electron chi connectivity index (χ4n) is 3.19. The lowest BCUT2D eigenvalue weighted by molar-refractivity contribution is -0.142. The van der Waals surface area contributed by atoms with Crippen LogP contribution in [-0.4, -0.2) is 46.7 Å². The van der Waals surface area contributed by atoms with E-state index in [0.29, 0.717) is 25.8 Å². The maximum Gasteiger partial charge on any atom is 0.326 e. The summed E-state index contributed by atoms with van der Waals surface area (Å²) in [5.41, 5.74) is 10.4. The number of rotatable bonds is 19. The predicted molar refractivity (Wildman–Crippen MR) is 129 cm³/mol. The Bertz CT molecular complexity index is 486. The molecule has 0 bridgehead atoms. The molecule has 0 aliphatic carbocycles. The first-order valence-electron chi connectivity index (χ1n) is 12.4. The van der Waals surface area contributed by atoms with E-state index in [9.17, 15) is 14.4 Å². The molecular weight excluding hydrogens is 410 g/mol. The molecule has 0 spiro atoms. The van der Waals surface area contributed by atoms with E-state index >= 15 is 0 Å². The van der Waals surface area contributed by atoms with Gasteiger partial charge < -0.3 is 27.0 Å². The molecule has 0 aromatic heterocycles. The van der Waals surface area contributed by atoms with Crippen LogP contribution in [0.3, 0.4) is 0 Å². The molecule has 0 aliphatic heterocycles. The molecule has 0 aliphatic rings. The fourth-order valence-corrected chi connectivity index (χ4v) is 3.19. The predicted octanol–water partition coefficient (Wildman–Crippen LogP) is 4.05. The quantitative estimate of drug-likeness (QED) is 0.182. The van der Waals surface area contributed by atoms with Crippen LogP contribution in [-0.2, 0) is 14.4 Å². The average molecular weight is 460 g/mol. The van der Waals surface area contributed by atoms with Crippen LogP contribution in [0, 0.1) is 5.92 Å². The van der Waals surface area contributed by atoms with Crippen LogP contribution in [0.2, 0.25) is 0 Å². The summed E-state index contributed by atoms with van der Waals surface area (Å²) in [6.45, 7) is 6.75. The van der Waals surface area contributed by atoms with E-state index in [0.717, 1.165) is 25.7 Å². The third-order valence-corrected chi connectivity index (χ3v) is 5.13. The van der Waals surface area contributed by atoms with Gasteiger partial charge in [0.1, 0.15) is 12.1 Å². The molecule has 0 saturated carbocycles. The summed E-state index contributed by atoms with van der Waals surface area (Å²) in [7, 11) is 0. The lowest BCUT2D eigenvalue weighted by atomic mass is 10.0. The van der Waals surface area contributed by atoms with Crippen molar-refractivity contribution >= 4 is 17.8 Å². The lowest BCUT2D eigenvalue weighted by Crippen LogP contribution is -2.41. The van der Waals surface area contributed by atoms with Crippen LogP contribution in [0.1, 0.15) is 111 Å². The van der Waals surface area contributed by atoms with Crippen LogP contribution < -0.4 is 16.8 Å². The Kier molecular flexibility index (Phi) is 22.9. The van der Waals surface area contributed by atoms with Crippen molar-refractivity contribution in [2.45, 2.75) is 123 Å². The third-order valence-electron chi connectivity index (χ3n) is 5.13. The zero-order chi connectivity index (χ0) is 24.8. The van der Waals surface area contributed by atoms with Crippen molar-refractivity contribution in [3.63, 3.8) is 0 Å². The van der Waals surface area contributed by atoms with Gasteiger partial charge in [0.05, 0.1) is 0 Å². The molecule has 32 heavy (non-hydrogen) atoms. The van der Waals surface area contributed by atoms with Crippen molar-refractivity contribution in [1.82, 2.24) is 5.32 Å². The van der Waals surface area contributed by atoms with Gasteiger partial charge in [0.25, 0.3) is 0 Å². The summed E-state index contributed by atoms with van der Waals surface area (Å²) in [5.74, 6) is -1.74. The number of aliphatic carboxylic acids is 2. The van der Waals surface area contributed by atoms with Crippen molar-refractivity contribution in [1.29, 1.82) is 0 Å². The topological polar surface area (TPSA) is 156 Å². The highest BCUT2D eigenvalue weighted by atomic mass is 16.4. The Labute approximate surface area is 194 Å². The van der Waals surface area contributed by atoms with Gasteiger partial charge in [-0.05, 0) is 38.1 Å². The van der Waals surface area contributed by atoms with Crippen LogP contribution >= 0.6 is 0 Å². The largest absolute Gasteiger partial charge is 0.480 e. The molecule has 190 valence electrons. The molecule has 0 rings (SSSR count). The van der Waals surface area contributed by atoms with Gasteiger partial charge >= 0.3 is 11.9 Å². The van der Waals surface area contributed by atoms with Crippen LogP contribution in [0.25, 0.3) is 0 Å². The average Bonchev–Trinajstić information content (AvgIpc) is 2.72. The zero-order valence-corrected chi connectivity index (χ0v) is 20.6. The first-order valence-corrected chi connectivity index (χ1v) is 12.4. The number of carbonyl (C=O) groups excluding carboxylic acids is 1. The second kappa shape index (κ2) is 22.5. The number of nitrogens with two attached hydrogens (primary N) is 2. The number of hydrogen-bond donors (Lipinski definition) is 5. The summed E-state index contributed by atoms with van der Waals surface area (Å²) in [6, 6.07) is -1.46. The monoisotopic (exact) mass is 459 g/mol. The summed E-state index contributed by atoms with van der Waals surface area (Å²) in [4.78, 5) is 33.0. The highest BCUT2D eigenvalue weighted by Crippen LogP contribution is 2.11. The second-order valence-electron chi connectivity index (χ2n) is 8.90. The SMILES string of the molecule is CCCCCCCCCCCC(=O)N[C@@H](CC(C)C)C(=O)O.NCCCC[C@H](N)C(=O)O. The maximum atomic E-state index is 11.8. The zero-order valence-electron chi connectivity index (χ0n) is 20.6. The molecule has 8 nitrogen and oxygen atoms in total. The number of hydrogen-bond acceptors (Lipinski definition) is 5. The minimum absolute atomic E-state index is 0.129. The molecule has 0 aromatic rings. The number of nitrogens with one attached hydrogen (secondary N) is 1. The molecule has 7 N–H and O–H groups in total. The molecule has 1 amide bonds. The first kappa shape index (κ1) is 32.5. The van der Waals surface area contributed by atoms with E-state index in [1.165, 1.54) is 44.9 Å². The summed E-state index contributed by atoms with van der Waals surface area (Å²) in [6.07, 6.45) is 14.0. The molecule has 8 heteroatoms. The van der Waals surface area contributed by atoms with E-state index < -0.39 is 24.0 Å². The van der Waals surface area contributed by atoms with Crippen molar-refractivity contribution in [3.8, 4) is 0 Å². The van der Waals surface area contributed by atoms with Crippen molar-refractivity contribution in [3.05, 3.63) is 0 Å². The fraction of sp³-hybridized carbons (Fsp3) is 0.875. The van der Waals surface area contributed by atoms with E-state index in [2.05, 4.69) is 12.2 Å². The summed E-state index contributed by atoms with van der Waals surface area (Å²) in [5, 5.41) is 20.0. The Morgan fingerprint density at radius 3 is 1.78 bits per heavy atom. The Balaban J connectivity index is 0. The van der Waals surface area contributed by atoms with Crippen LogP contribution in [0.15, 0.2) is 0 Å². The van der Waals surface area contributed by atoms with Gasteiger partial charge in [-0.15, -0.1) is 0 Å². The molecule has 0 fully saturated rings. The molecule has 0 aromatic carbocycles. The molecule has 2 atom stereocenters. The summed E-state index contributed by atoms with van der Waals surface area (Å²) < 4.78 is 0. The Hall–Kier alpha value is -1.67. The lowest BCUT2D eigenvalue weighted by Gasteiger charge is -2.16. The van der Waals surface area contributed by atoms with Crippen LogP contribution in [0.4, 0.5) is 0 Å². The number of carboxylic acids is 2. The molecular formula is C24H49N3O5. The number of carboxylic acid groups (broad SMARTS) is 2. The number of carbonyl (C=O) groups is 3. The van der Waals surface area contributed by atoms with Gasteiger partial charge in [-0.25, -0.2) is 4.79 Å². The molecule has 0 unspecified atom stereocenters. The van der Waals surface area contributed by atoms with E-state index in [1.54, 1.807) is 0 Å². The minimum Gasteiger partial charge on any atom is -0.480 e. The number of unbranched alkanes of at least 4 members (excludes halogenated alkanes) is 9. The third kappa shape index (κ3) is 23.0. The number of amides is 1. The maximum absolute atomic E-state index is 11.8. The van der Waals surface area contributed by atoms with Crippen molar-refractivity contribution in [2.24, 2.45) is 17.4 Å². The Morgan fingerprint density at radius 1 is 0.812 bits per heavy atom. The van der Waals surface area contributed by atoms with Gasteiger partial charge in [-0.3, -0.25) is 9.59 Å². The molecule has 0 radical (unpaired) electrons. The van der Waals surface area contributed by atoms with Gasteiger partial charge in [0.15, 0.2) is 0 Å². The first-order chi connectivity index (χ1) is 15.1. The van der Waals surface area contributed by atoms with Gasteiger partial charge in [-0.1, -0.05) is 78.6 Å². The standard InChI is InChI=1S/C18H35NO3.C6H14N2O2/c1-4-5-6-7-8-9-10-11-12-13-17(20)19-16(18(21)22)14-15(2)3;7-4-2-1-3-5(8)6(9)10/h15-16H,4-14H2,1-3H3,(H,19,20)(H,21,22);5H,1-4,7-8H2,(H,9,10)/t16-;5-/m00/s1. The second-order valence-corrected chi connectivity index (χ2v) is 8.90. The van der Waals surface area contributed by atoms with Crippen molar-refractivity contribution in [2.75, 3.05) is 6.54 Å². The normalized spacial score (nSPS) is 12.6. The van der Waals surface area contributed by atoms with Gasteiger partial charge in [0.2, 0.25) is 5.91 Å².